The first kappa shape index (κ1) is 14.6. The number of halogens is 3. The monoisotopic (exact) mass is 340 g/mol. The van der Waals surface area contributed by atoms with E-state index in [1.807, 2.05) is 0 Å². The normalized spacial score (nSPS) is 12.2. The molecule has 0 saturated carbocycles. The molecule has 1 aromatic heterocycles. The van der Waals surface area contributed by atoms with E-state index in [-0.39, 0.29) is 12.0 Å². The molecule has 0 bridgehead atoms. The van der Waals surface area contributed by atoms with Crippen molar-refractivity contribution in [3.05, 3.63) is 63.9 Å². The summed E-state index contributed by atoms with van der Waals surface area (Å²) in [6.07, 6.45) is 1.56. The fourth-order valence-corrected chi connectivity index (χ4v) is 2.22. The third kappa shape index (κ3) is 3.39. The van der Waals surface area contributed by atoms with Crippen LogP contribution in [0, 0.1) is 11.6 Å². The van der Waals surface area contributed by atoms with Crippen molar-refractivity contribution in [2.75, 3.05) is 0 Å². The van der Waals surface area contributed by atoms with E-state index in [0.717, 1.165) is 16.6 Å². The Morgan fingerprint density at radius 3 is 2.65 bits per heavy atom. The van der Waals surface area contributed by atoms with Gasteiger partial charge in [0.2, 0.25) is 5.91 Å². The molecular weight excluding hydrogens is 330 g/mol. The second kappa shape index (κ2) is 6.09. The highest BCUT2D eigenvalue weighted by molar-refractivity contribution is 9.10. The number of primary amides is 1. The van der Waals surface area contributed by atoms with Crippen molar-refractivity contribution >= 4 is 21.8 Å². The lowest BCUT2D eigenvalue weighted by Crippen LogP contribution is -2.24. The summed E-state index contributed by atoms with van der Waals surface area (Å²) in [6, 6.07) is 6.59. The van der Waals surface area contributed by atoms with Gasteiger partial charge in [0.15, 0.2) is 0 Å². The van der Waals surface area contributed by atoms with Gasteiger partial charge in [-0.2, -0.15) is 0 Å². The average Bonchev–Trinajstić information content (AvgIpc) is 2.37. The maximum atomic E-state index is 13.6. The molecular formula is C14H11BrF2N2O. The zero-order valence-corrected chi connectivity index (χ0v) is 11.9. The van der Waals surface area contributed by atoms with E-state index in [1.165, 1.54) is 12.3 Å². The van der Waals surface area contributed by atoms with Gasteiger partial charge in [0.1, 0.15) is 11.6 Å². The zero-order valence-electron chi connectivity index (χ0n) is 10.3. The Labute approximate surface area is 123 Å². The van der Waals surface area contributed by atoms with Crippen LogP contribution in [0.4, 0.5) is 8.78 Å². The van der Waals surface area contributed by atoms with E-state index in [2.05, 4.69) is 20.9 Å². The molecule has 1 amide bonds. The Balaban J connectivity index is 2.33. The standard InChI is InChI=1S/C14H11BrF2N2O/c15-9-3-4-19-13(6-9)11(14(18)20)5-8-1-2-10(16)7-12(8)17/h1-4,6-7,11H,5H2,(H2,18,20). The number of hydrogen-bond acceptors (Lipinski definition) is 2. The van der Waals surface area contributed by atoms with Gasteiger partial charge in [0.25, 0.3) is 0 Å². The molecule has 1 heterocycles. The van der Waals surface area contributed by atoms with Gasteiger partial charge >= 0.3 is 0 Å². The molecule has 0 spiro atoms. The Morgan fingerprint density at radius 2 is 2.05 bits per heavy atom. The Morgan fingerprint density at radius 1 is 1.30 bits per heavy atom. The number of amides is 1. The van der Waals surface area contributed by atoms with Gasteiger partial charge in [-0.05, 0) is 30.2 Å². The van der Waals surface area contributed by atoms with E-state index in [9.17, 15) is 13.6 Å². The summed E-state index contributed by atoms with van der Waals surface area (Å²) in [6.45, 7) is 0. The van der Waals surface area contributed by atoms with Gasteiger partial charge in [0.05, 0.1) is 11.6 Å². The van der Waals surface area contributed by atoms with Crippen molar-refractivity contribution < 1.29 is 13.6 Å². The Kier molecular flexibility index (Phi) is 4.44. The molecule has 2 aromatic rings. The number of aromatic nitrogens is 1. The number of nitrogens with zero attached hydrogens (tertiary/aromatic N) is 1. The number of carbonyl (C=O) groups excluding carboxylic acids is 1. The minimum Gasteiger partial charge on any atom is -0.369 e. The first-order chi connectivity index (χ1) is 9.47. The fourth-order valence-electron chi connectivity index (χ4n) is 1.87. The van der Waals surface area contributed by atoms with Crippen molar-refractivity contribution in [3.63, 3.8) is 0 Å². The molecule has 1 atom stereocenters. The minimum atomic E-state index is -0.771. The number of hydrogen-bond donors (Lipinski definition) is 1. The summed E-state index contributed by atoms with van der Waals surface area (Å²) in [5.41, 5.74) is 6.02. The highest BCUT2D eigenvalue weighted by atomic mass is 79.9. The maximum Gasteiger partial charge on any atom is 0.226 e. The van der Waals surface area contributed by atoms with Gasteiger partial charge in [-0.1, -0.05) is 22.0 Å². The van der Waals surface area contributed by atoms with Crippen molar-refractivity contribution in [1.29, 1.82) is 0 Å². The highest BCUT2D eigenvalue weighted by Crippen LogP contribution is 2.23. The predicted octanol–water partition coefficient (Wildman–Crippen LogP) is 2.93. The van der Waals surface area contributed by atoms with E-state index in [1.54, 1.807) is 12.1 Å². The first-order valence-corrected chi connectivity index (χ1v) is 6.61. The molecule has 1 aromatic carbocycles. The SMILES string of the molecule is NC(=O)C(Cc1ccc(F)cc1F)c1cc(Br)ccn1. The van der Waals surface area contributed by atoms with Crippen LogP contribution in [0.3, 0.4) is 0 Å². The van der Waals surface area contributed by atoms with Crippen molar-refractivity contribution in [3.8, 4) is 0 Å². The van der Waals surface area contributed by atoms with Crippen molar-refractivity contribution in [1.82, 2.24) is 4.98 Å². The van der Waals surface area contributed by atoms with E-state index < -0.39 is 23.5 Å². The predicted molar refractivity (Wildman–Crippen MR) is 73.9 cm³/mol. The molecule has 3 nitrogen and oxygen atoms in total. The lowest BCUT2D eigenvalue weighted by atomic mass is 9.94. The summed E-state index contributed by atoms with van der Waals surface area (Å²) in [5.74, 6) is -2.75. The molecule has 2 rings (SSSR count). The molecule has 104 valence electrons. The number of pyridine rings is 1. The Hall–Kier alpha value is -1.82. The highest BCUT2D eigenvalue weighted by Gasteiger charge is 2.21. The molecule has 2 N–H and O–H groups in total. The minimum absolute atomic E-state index is 0.0326. The van der Waals surface area contributed by atoms with Crippen molar-refractivity contribution in [2.45, 2.75) is 12.3 Å². The second-order valence-electron chi connectivity index (χ2n) is 4.29. The summed E-state index contributed by atoms with van der Waals surface area (Å²) in [4.78, 5) is 15.6. The third-order valence-corrected chi connectivity index (χ3v) is 3.38. The largest absolute Gasteiger partial charge is 0.369 e. The van der Waals surface area contributed by atoms with Crippen LogP contribution >= 0.6 is 15.9 Å². The fraction of sp³-hybridized carbons (Fsp3) is 0.143. The lowest BCUT2D eigenvalue weighted by Gasteiger charge is -2.13. The summed E-state index contributed by atoms with van der Waals surface area (Å²) in [5, 5.41) is 0. The van der Waals surface area contributed by atoms with Crippen LogP contribution < -0.4 is 5.73 Å². The number of benzene rings is 1. The van der Waals surface area contributed by atoms with Gasteiger partial charge < -0.3 is 5.73 Å². The molecule has 1 unspecified atom stereocenters. The third-order valence-electron chi connectivity index (χ3n) is 2.88. The summed E-state index contributed by atoms with van der Waals surface area (Å²) >= 11 is 3.27. The lowest BCUT2D eigenvalue weighted by molar-refractivity contribution is -0.119. The van der Waals surface area contributed by atoms with E-state index >= 15 is 0 Å². The van der Waals surface area contributed by atoms with Crippen molar-refractivity contribution in [2.24, 2.45) is 5.73 Å². The maximum absolute atomic E-state index is 13.6. The molecule has 0 saturated heterocycles. The Bertz CT molecular complexity index is 649. The quantitative estimate of drug-likeness (QED) is 0.930. The molecule has 0 radical (unpaired) electrons. The van der Waals surface area contributed by atoms with E-state index in [4.69, 9.17) is 5.73 Å². The number of rotatable bonds is 4. The van der Waals surface area contributed by atoms with Crippen LogP contribution in [0.5, 0.6) is 0 Å². The molecule has 0 fully saturated rings. The molecule has 0 aliphatic heterocycles. The van der Waals surface area contributed by atoms with Crippen LogP contribution in [0.15, 0.2) is 41.0 Å². The van der Waals surface area contributed by atoms with Gasteiger partial charge in [-0.25, -0.2) is 8.78 Å². The smallest absolute Gasteiger partial charge is 0.226 e. The topological polar surface area (TPSA) is 56.0 Å². The van der Waals surface area contributed by atoms with Crippen LogP contribution in [0.2, 0.25) is 0 Å². The van der Waals surface area contributed by atoms with Gasteiger partial charge in [-0.3, -0.25) is 9.78 Å². The molecule has 0 aliphatic carbocycles. The first-order valence-electron chi connectivity index (χ1n) is 5.82. The number of nitrogens with two attached hydrogens (primary N) is 1. The van der Waals surface area contributed by atoms with Gasteiger partial charge in [-0.15, -0.1) is 0 Å². The van der Waals surface area contributed by atoms with Crippen LogP contribution in [-0.2, 0) is 11.2 Å². The number of carbonyl (C=O) groups is 1. The molecule has 20 heavy (non-hydrogen) atoms. The zero-order chi connectivity index (χ0) is 14.7. The van der Waals surface area contributed by atoms with E-state index in [0.29, 0.717) is 5.69 Å². The second-order valence-corrected chi connectivity index (χ2v) is 5.21. The summed E-state index contributed by atoms with van der Waals surface area (Å²) in [7, 11) is 0. The van der Waals surface area contributed by atoms with Crippen LogP contribution in [0.25, 0.3) is 0 Å². The van der Waals surface area contributed by atoms with Crippen LogP contribution in [-0.4, -0.2) is 10.9 Å². The molecule has 0 aliphatic rings. The van der Waals surface area contributed by atoms with Crippen LogP contribution in [0.1, 0.15) is 17.2 Å². The molecule has 6 heteroatoms. The van der Waals surface area contributed by atoms with Gasteiger partial charge in [0, 0.05) is 16.7 Å². The summed E-state index contributed by atoms with van der Waals surface area (Å²) < 4.78 is 27.3. The average molecular weight is 341 g/mol.